The first-order valence-corrected chi connectivity index (χ1v) is 15.3. The molecule has 4 atom stereocenters. The van der Waals surface area contributed by atoms with E-state index in [0.717, 1.165) is 36.0 Å². The normalized spacial score (nSPS) is 21.4. The Labute approximate surface area is 260 Å². The van der Waals surface area contributed by atoms with Crippen molar-refractivity contribution in [1.82, 2.24) is 29.4 Å². The van der Waals surface area contributed by atoms with Crippen LogP contribution in [0, 0.1) is 13.8 Å². The van der Waals surface area contributed by atoms with Crippen LogP contribution in [0.5, 0.6) is 5.75 Å². The number of hydrogen-bond acceptors (Lipinski definition) is 9. The number of aliphatic hydroxyl groups is 2. The average molecular weight is 612 g/mol. The van der Waals surface area contributed by atoms with Crippen molar-refractivity contribution < 1.29 is 24.5 Å². The van der Waals surface area contributed by atoms with Gasteiger partial charge >= 0.3 is 0 Å². The Balaban J connectivity index is 1.10. The summed E-state index contributed by atoms with van der Waals surface area (Å²) in [5.74, 6) is 0.908. The van der Waals surface area contributed by atoms with E-state index in [1.807, 2.05) is 6.07 Å². The zero-order valence-electron chi connectivity index (χ0n) is 25.5. The fraction of sp³-hybridized carbons (Fsp3) is 0.394. The van der Waals surface area contributed by atoms with Crippen LogP contribution in [0.2, 0.25) is 0 Å². The van der Waals surface area contributed by atoms with Crippen LogP contribution in [0.1, 0.15) is 41.3 Å². The van der Waals surface area contributed by atoms with Crippen LogP contribution in [0.25, 0.3) is 22.1 Å². The van der Waals surface area contributed by atoms with E-state index >= 15 is 0 Å². The summed E-state index contributed by atoms with van der Waals surface area (Å²) in [6.45, 7) is 5.59. The van der Waals surface area contributed by atoms with E-state index in [9.17, 15) is 15.0 Å². The number of anilines is 1. The molecule has 7 rings (SSSR count). The lowest BCUT2D eigenvalue weighted by Gasteiger charge is -2.16. The summed E-state index contributed by atoms with van der Waals surface area (Å²) >= 11 is 0. The van der Waals surface area contributed by atoms with Crippen molar-refractivity contribution in [3.63, 3.8) is 0 Å². The number of aromatic nitrogens is 5. The molecular formula is C33H37N7O5. The summed E-state index contributed by atoms with van der Waals surface area (Å²) in [5, 5.41) is 28.7. The van der Waals surface area contributed by atoms with Gasteiger partial charge in [0.25, 0.3) is 5.91 Å². The molecular weight excluding hydrogens is 574 g/mol. The fourth-order valence-corrected chi connectivity index (χ4v) is 6.06. The number of carbonyl (C=O) groups is 1. The van der Waals surface area contributed by atoms with Gasteiger partial charge in [-0.25, -0.2) is 15.0 Å². The third-order valence-electron chi connectivity index (χ3n) is 8.76. The Hall–Kier alpha value is -4.52. The SMILES string of the molecule is COc1ccc2c(c1)c(CCNc1ncnc3c1ncn3C1O[C@H](C(=O)NC3CC3)[C@@H](O)[C@H]1O)cn2Cc1cc(C)ccc1C. The summed E-state index contributed by atoms with van der Waals surface area (Å²) in [6, 6.07) is 12.8. The van der Waals surface area contributed by atoms with Gasteiger partial charge in [-0.1, -0.05) is 23.8 Å². The molecule has 1 saturated carbocycles. The van der Waals surface area contributed by atoms with Crippen LogP contribution in [0.4, 0.5) is 5.82 Å². The third-order valence-corrected chi connectivity index (χ3v) is 8.76. The van der Waals surface area contributed by atoms with Gasteiger partial charge in [0.05, 0.1) is 13.4 Å². The summed E-state index contributed by atoms with van der Waals surface area (Å²) in [5.41, 5.74) is 7.00. The number of imidazole rings is 1. The molecule has 3 aromatic heterocycles. The Bertz CT molecular complexity index is 1880. The van der Waals surface area contributed by atoms with Gasteiger partial charge in [-0.2, -0.15) is 0 Å². The summed E-state index contributed by atoms with van der Waals surface area (Å²) in [7, 11) is 1.67. The van der Waals surface area contributed by atoms with Crippen molar-refractivity contribution in [2.45, 2.75) is 70.2 Å². The van der Waals surface area contributed by atoms with Gasteiger partial charge in [-0.05, 0) is 68.0 Å². The van der Waals surface area contributed by atoms with Gasteiger partial charge in [-0.3, -0.25) is 9.36 Å². The average Bonchev–Trinajstić information content (AvgIpc) is 3.53. The van der Waals surface area contributed by atoms with E-state index in [0.29, 0.717) is 29.9 Å². The molecule has 5 aromatic rings. The predicted octanol–water partition coefficient (Wildman–Crippen LogP) is 3.01. The minimum atomic E-state index is -1.37. The van der Waals surface area contributed by atoms with Crippen LogP contribution in [-0.4, -0.2) is 78.2 Å². The summed E-state index contributed by atoms with van der Waals surface area (Å²) < 4.78 is 15.2. The smallest absolute Gasteiger partial charge is 0.252 e. The number of nitrogens with zero attached hydrogens (tertiary/aromatic N) is 5. The number of fused-ring (bicyclic) bond motifs is 2. The second-order valence-corrected chi connectivity index (χ2v) is 12.0. The predicted molar refractivity (Wildman–Crippen MR) is 168 cm³/mol. The molecule has 2 aromatic carbocycles. The first kappa shape index (κ1) is 29.2. The van der Waals surface area contributed by atoms with Gasteiger partial charge in [0.15, 0.2) is 29.3 Å². The first-order valence-electron chi connectivity index (χ1n) is 15.3. The molecule has 1 unspecified atom stereocenters. The van der Waals surface area contributed by atoms with Crippen molar-refractivity contribution in [2.75, 3.05) is 19.0 Å². The lowest BCUT2D eigenvalue weighted by atomic mass is 10.1. The van der Waals surface area contributed by atoms with Crippen molar-refractivity contribution in [1.29, 1.82) is 0 Å². The molecule has 2 aliphatic rings. The molecule has 1 saturated heterocycles. The summed E-state index contributed by atoms with van der Waals surface area (Å²) in [6.07, 6.45) is 2.72. The van der Waals surface area contributed by atoms with E-state index in [2.05, 4.69) is 80.5 Å². The topological polar surface area (TPSA) is 149 Å². The number of hydrogen-bond donors (Lipinski definition) is 4. The standard InChI is InChI=1S/C33H37N7O5/c1-18-4-5-19(2)21(12-18)15-39-14-20(24-13-23(44-3)8-9-25(24)39)10-11-34-30-26-31(36-16-35-30)40(17-37-26)33-28(42)27(41)29(45-33)32(43)38-22-6-7-22/h4-5,8-9,12-14,16-17,22,27-29,33,41-42H,6-7,10-11,15H2,1-3H3,(H,38,43)(H,34,35,36)/t27-,28+,29-,33?/m0/s1. The van der Waals surface area contributed by atoms with Crippen molar-refractivity contribution in [2.24, 2.45) is 0 Å². The van der Waals surface area contributed by atoms with Crippen LogP contribution in [0.15, 0.2) is 55.2 Å². The molecule has 1 aliphatic carbocycles. The molecule has 234 valence electrons. The van der Waals surface area contributed by atoms with E-state index in [4.69, 9.17) is 9.47 Å². The highest BCUT2D eigenvalue weighted by atomic mass is 16.6. The quantitative estimate of drug-likeness (QED) is 0.187. The number of nitrogens with one attached hydrogen (secondary N) is 2. The number of benzene rings is 2. The van der Waals surface area contributed by atoms with Gasteiger partial charge in [0.1, 0.15) is 24.3 Å². The summed E-state index contributed by atoms with van der Waals surface area (Å²) in [4.78, 5) is 25.9. The Morgan fingerprint density at radius 3 is 2.71 bits per heavy atom. The Morgan fingerprint density at radius 2 is 1.91 bits per heavy atom. The first-order chi connectivity index (χ1) is 21.8. The molecule has 4 N–H and O–H groups in total. The maximum absolute atomic E-state index is 12.6. The molecule has 4 heterocycles. The molecule has 2 fully saturated rings. The highest BCUT2D eigenvalue weighted by Gasteiger charge is 2.48. The van der Waals surface area contributed by atoms with E-state index < -0.39 is 30.4 Å². The monoisotopic (exact) mass is 611 g/mol. The van der Waals surface area contributed by atoms with Crippen molar-refractivity contribution in [3.8, 4) is 5.75 Å². The fourth-order valence-electron chi connectivity index (χ4n) is 6.06. The highest BCUT2D eigenvalue weighted by molar-refractivity contribution is 5.86. The number of carbonyl (C=O) groups excluding carboxylic acids is 1. The number of ether oxygens (including phenoxy) is 2. The number of aryl methyl sites for hydroxylation is 2. The Morgan fingerprint density at radius 1 is 1.07 bits per heavy atom. The van der Waals surface area contributed by atoms with Crippen LogP contribution in [-0.2, 0) is 22.5 Å². The van der Waals surface area contributed by atoms with Crippen molar-refractivity contribution >= 4 is 33.8 Å². The van der Waals surface area contributed by atoms with E-state index in [-0.39, 0.29) is 6.04 Å². The molecule has 0 bridgehead atoms. The number of amides is 1. The zero-order chi connectivity index (χ0) is 31.2. The zero-order valence-corrected chi connectivity index (χ0v) is 25.5. The van der Waals surface area contributed by atoms with Gasteiger partial charge in [-0.15, -0.1) is 0 Å². The second-order valence-electron chi connectivity index (χ2n) is 12.0. The molecule has 0 radical (unpaired) electrons. The third kappa shape index (κ3) is 5.60. The van der Waals surface area contributed by atoms with Crippen molar-refractivity contribution in [3.05, 3.63) is 77.5 Å². The maximum atomic E-state index is 12.6. The van der Waals surface area contributed by atoms with Crippen LogP contribution >= 0.6 is 0 Å². The number of methoxy groups -OCH3 is 1. The molecule has 12 heteroatoms. The number of aliphatic hydroxyl groups excluding tert-OH is 2. The van der Waals surface area contributed by atoms with Crippen LogP contribution in [0.3, 0.4) is 0 Å². The molecule has 1 aliphatic heterocycles. The lowest BCUT2D eigenvalue weighted by molar-refractivity contribution is -0.137. The highest BCUT2D eigenvalue weighted by Crippen LogP contribution is 2.33. The number of rotatable bonds is 10. The van der Waals surface area contributed by atoms with Crippen LogP contribution < -0.4 is 15.4 Å². The van der Waals surface area contributed by atoms with E-state index in [1.165, 1.54) is 39.5 Å². The second kappa shape index (κ2) is 11.8. The maximum Gasteiger partial charge on any atom is 0.252 e. The van der Waals surface area contributed by atoms with E-state index in [1.54, 1.807) is 7.11 Å². The molecule has 1 amide bonds. The minimum Gasteiger partial charge on any atom is -0.497 e. The Kier molecular flexibility index (Phi) is 7.64. The minimum absolute atomic E-state index is 0.107. The molecule has 0 spiro atoms. The van der Waals surface area contributed by atoms with Gasteiger partial charge < -0.3 is 34.9 Å². The van der Waals surface area contributed by atoms with Gasteiger partial charge in [0, 0.05) is 36.2 Å². The van der Waals surface area contributed by atoms with Gasteiger partial charge in [0.2, 0.25) is 0 Å². The molecule has 45 heavy (non-hydrogen) atoms. The lowest BCUT2D eigenvalue weighted by Crippen LogP contribution is -2.43. The molecule has 12 nitrogen and oxygen atoms in total. The largest absolute Gasteiger partial charge is 0.497 e.